The van der Waals surface area contributed by atoms with Crippen molar-refractivity contribution in [2.75, 3.05) is 6.61 Å². The van der Waals surface area contributed by atoms with Crippen molar-refractivity contribution < 1.29 is 4.74 Å². The van der Waals surface area contributed by atoms with E-state index in [0.717, 1.165) is 12.2 Å². The van der Waals surface area contributed by atoms with E-state index in [0.29, 0.717) is 6.61 Å². The Hall–Kier alpha value is -1.54. The first kappa shape index (κ1) is 21.8. The van der Waals surface area contributed by atoms with Gasteiger partial charge in [-0.3, -0.25) is 0 Å². The van der Waals surface area contributed by atoms with E-state index in [2.05, 4.69) is 92.4 Å². The van der Waals surface area contributed by atoms with Gasteiger partial charge >= 0.3 is 0 Å². The fourth-order valence-corrected chi connectivity index (χ4v) is 5.82. The van der Waals surface area contributed by atoms with E-state index in [1.165, 1.54) is 27.5 Å². The first-order valence-corrected chi connectivity index (χ1v) is 13.1. The molecule has 0 spiro atoms. The molecule has 1 nitrogen and oxygen atoms in total. The van der Waals surface area contributed by atoms with Gasteiger partial charge in [-0.15, -0.1) is 0 Å². The predicted octanol–water partition coefficient (Wildman–Crippen LogP) is 6.83. The third-order valence-corrected chi connectivity index (χ3v) is 12.0. The molecule has 1 aliphatic rings. The second-order valence-electron chi connectivity index (χ2n) is 10.1. The zero-order chi connectivity index (χ0) is 20.6. The van der Waals surface area contributed by atoms with Crippen molar-refractivity contribution in [3.8, 4) is 5.75 Å². The van der Waals surface area contributed by atoms with E-state index in [9.17, 15) is 0 Å². The molecular weight excluding hydrogens is 344 g/mol. The fourth-order valence-electron chi connectivity index (χ4n) is 3.65. The van der Waals surface area contributed by atoms with Gasteiger partial charge in [0, 0.05) is 11.0 Å². The standard InChI is InChI=1S/C25H38OSi/c1-11-14-26-23-21(25(7,8)20-13-12-18(2)15-20)16-19(3)17-22(23)27(9,10)24(4,5)6/h11,13,15-17H,1,12,14H2,2-10H3. The summed E-state index contributed by atoms with van der Waals surface area (Å²) in [7, 11) is -1.76. The summed E-state index contributed by atoms with van der Waals surface area (Å²) in [5, 5.41) is 1.68. The van der Waals surface area contributed by atoms with Crippen molar-refractivity contribution in [2.24, 2.45) is 0 Å². The number of ether oxygens (including phenoxy) is 1. The second kappa shape index (κ2) is 7.47. The van der Waals surface area contributed by atoms with E-state index in [1.807, 2.05) is 6.08 Å². The highest BCUT2D eigenvalue weighted by Gasteiger charge is 2.41. The molecule has 0 radical (unpaired) electrons. The van der Waals surface area contributed by atoms with Gasteiger partial charge in [-0.25, -0.2) is 0 Å². The van der Waals surface area contributed by atoms with Gasteiger partial charge in [0.2, 0.25) is 0 Å². The Kier molecular flexibility index (Phi) is 6.01. The number of hydrogen-bond acceptors (Lipinski definition) is 1. The van der Waals surface area contributed by atoms with Crippen LogP contribution >= 0.6 is 0 Å². The van der Waals surface area contributed by atoms with E-state index in [4.69, 9.17) is 4.74 Å². The molecule has 2 rings (SSSR count). The number of rotatable bonds is 6. The molecule has 0 heterocycles. The number of benzene rings is 1. The normalized spacial score (nSPS) is 15.4. The van der Waals surface area contributed by atoms with Crippen LogP contribution in [0.3, 0.4) is 0 Å². The van der Waals surface area contributed by atoms with Crippen LogP contribution in [-0.2, 0) is 5.41 Å². The van der Waals surface area contributed by atoms with Gasteiger partial charge in [0.05, 0.1) is 8.07 Å². The first-order valence-electron chi connectivity index (χ1n) is 10.1. The maximum atomic E-state index is 6.40. The van der Waals surface area contributed by atoms with Gasteiger partial charge in [0.1, 0.15) is 12.4 Å². The van der Waals surface area contributed by atoms with Crippen molar-refractivity contribution in [3.63, 3.8) is 0 Å². The molecule has 1 aliphatic carbocycles. The maximum absolute atomic E-state index is 6.40. The average molecular weight is 383 g/mol. The molecule has 2 heteroatoms. The lowest BCUT2D eigenvalue weighted by Crippen LogP contribution is -2.50. The van der Waals surface area contributed by atoms with Gasteiger partial charge in [-0.2, -0.15) is 0 Å². The molecule has 0 aliphatic heterocycles. The highest BCUT2D eigenvalue weighted by atomic mass is 28.3. The molecule has 0 bridgehead atoms. The summed E-state index contributed by atoms with van der Waals surface area (Å²) in [6.07, 6.45) is 7.64. The third kappa shape index (κ3) is 4.16. The fraction of sp³-hybridized carbons (Fsp3) is 0.520. The quantitative estimate of drug-likeness (QED) is 0.387. The molecule has 27 heavy (non-hydrogen) atoms. The Morgan fingerprint density at radius 1 is 1.11 bits per heavy atom. The molecule has 0 N–H and O–H groups in total. The molecule has 0 fully saturated rings. The molecule has 0 saturated heterocycles. The molecular formula is C25H38OSi. The average Bonchev–Trinajstić information content (AvgIpc) is 2.99. The predicted molar refractivity (Wildman–Crippen MR) is 123 cm³/mol. The summed E-state index contributed by atoms with van der Waals surface area (Å²) in [6, 6.07) is 4.71. The minimum atomic E-state index is -1.76. The van der Waals surface area contributed by atoms with Crippen LogP contribution < -0.4 is 9.92 Å². The summed E-state index contributed by atoms with van der Waals surface area (Å²) in [4.78, 5) is 0. The Balaban J connectivity index is 2.76. The van der Waals surface area contributed by atoms with E-state index >= 15 is 0 Å². The van der Waals surface area contributed by atoms with Crippen LogP contribution in [0, 0.1) is 6.92 Å². The zero-order valence-corrected chi connectivity index (χ0v) is 19.9. The Bertz CT molecular complexity index is 785. The van der Waals surface area contributed by atoms with Crippen molar-refractivity contribution in [2.45, 2.75) is 78.4 Å². The van der Waals surface area contributed by atoms with Crippen molar-refractivity contribution in [1.29, 1.82) is 0 Å². The molecule has 1 aromatic carbocycles. The van der Waals surface area contributed by atoms with E-state index in [1.54, 1.807) is 0 Å². The monoisotopic (exact) mass is 382 g/mol. The van der Waals surface area contributed by atoms with Crippen LogP contribution in [0.15, 0.2) is 48.1 Å². The molecule has 0 unspecified atom stereocenters. The third-order valence-electron chi connectivity index (χ3n) is 6.57. The summed E-state index contributed by atoms with van der Waals surface area (Å²) in [5.41, 5.74) is 5.38. The van der Waals surface area contributed by atoms with E-state index < -0.39 is 8.07 Å². The smallest absolute Gasteiger partial charge is 0.123 e. The van der Waals surface area contributed by atoms with Gasteiger partial charge in [0.25, 0.3) is 0 Å². The van der Waals surface area contributed by atoms with Crippen LogP contribution in [0.5, 0.6) is 5.75 Å². The first-order chi connectivity index (χ1) is 12.3. The molecule has 0 aromatic heterocycles. The zero-order valence-electron chi connectivity index (χ0n) is 18.9. The number of allylic oxidation sites excluding steroid dienone is 4. The van der Waals surface area contributed by atoms with Crippen molar-refractivity contribution in [3.05, 3.63) is 59.2 Å². The lowest BCUT2D eigenvalue weighted by atomic mass is 9.77. The van der Waals surface area contributed by atoms with Gasteiger partial charge < -0.3 is 4.74 Å². The molecule has 0 atom stereocenters. The second-order valence-corrected chi connectivity index (χ2v) is 15.4. The minimum Gasteiger partial charge on any atom is -0.489 e. The number of aryl methyl sites for hydroxylation is 1. The SMILES string of the molecule is C=CCOc1c(C(C)(C)C2=CCC(C)=C2)cc(C)cc1[Si](C)(C)C(C)(C)C. The molecule has 1 aromatic rings. The van der Waals surface area contributed by atoms with Gasteiger partial charge in [0.15, 0.2) is 0 Å². The van der Waals surface area contributed by atoms with Crippen molar-refractivity contribution >= 4 is 13.3 Å². The summed E-state index contributed by atoms with van der Waals surface area (Å²) < 4.78 is 6.40. The minimum absolute atomic E-state index is 0.0859. The van der Waals surface area contributed by atoms with Crippen LogP contribution in [-0.4, -0.2) is 14.7 Å². The van der Waals surface area contributed by atoms with Crippen LogP contribution in [0.4, 0.5) is 0 Å². The molecule has 0 saturated carbocycles. The van der Waals surface area contributed by atoms with Crippen LogP contribution in [0.1, 0.15) is 59.1 Å². The highest BCUT2D eigenvalue weighted by Crippen LogP contribution is 2.44. The largest absolute Gasteiger partial charge is 0.489 e. The summed E-state index contributed by atoms with van der Waals surface area (Å²) in [6.45, 7) is 25.6. The Labute approximate surface area is 168 Å². The Morgan fingerprint density at radius 2 is 1.74 bits per heavy atom. The van der Waals surface area contributed by atoms with Crippen LogP contribution in [0.25, 0.3) is 0 Å². The molecule has 148 valence electrons. The van der Waals surface area contributed by atoms with Gasteiger partial charge in [-0.1, -0.05) is 95.8 Å². The number of hydrogen-bond donors (Lipinski definition) is 0. The van der Waals surface area contributed by atoms with E-state index in [-0.39, 0.29) is 10.5 Å². The molecule has 0 amide bonds. The van der Waals surface area contributed by atoms with Gasteiger partial charge in [-0.05, 0) is 36.1 Å². The summed E-state index contributed by atoms with van der Waals surface area (Å²) in [5.74, 6) is 1.09. The topological polar surface area (TPSA) is 9.23 Å². The summed E-state index contributed by atoms with van der Waals surface area (Å²) >= 11 is 0. The van der Waals surface area contributed by atoms with Crippen LogP contribution in [0.2, 0.25) is 18.1 Å². The highest BCUT2D eigenvalue weighted by molar-refractivity contribution is 6.92. The maximum Gasteiger partial charge on any atom is 0.123 e. The Morgan fingerprint density at radius 3 is 2.22 bits per heavy atom. The lowest BCUT2D eigenvalue weighted by Gasteiger charge is -2.40. The lowest BCUT2D eigenvalue weighted by molar-refractivity contribution is 0.355. The van der Waals surface area contributed by atoms with Crippen molar-refractivity contribution in [1.82, 2.24) is 0 Å².